The monoisotopic (exact) mass is 279 g/mol. The van der Waals surface area contributed by atoms with Gasteiger partial charge in [-0.3, -0.25) is 4.79 Å². The van der Waals surface area contributed by atoms with E-state index in [9.17, 15) is 9.90 Å². The van der Waals surface area contributed by atoms with Crippen molar-refractivity contribution < 1.29 is 14.3 Å². The summed E-state index contributed by atoms with van der Waals surface area (Å²) in [5.41, 5.74) is 0. The molecule has 2 heterocycles. The van der Waals surface area contributed by atoms with Crippen LogP contribution < -0.4 is 0 Å². The number of amides is 1. The fraction of sp³-hybridized carbons (Fsp3) is 0.688. The summed E-state index contributed by atoms with van der Waals surface area (Å²) in [4.78, 5) is 14.5. The lowest BCUT2D eigenvalue weighted by Gasteiger charge is -2.29. The summed E-state index contributed by atoms with van der Waals surface area (Å²) >= 11 is 0. The number of hydrogen-bond donors (Lipinski definition) is 1. The van der Waals surface area contributed by atoms with Crippen LogP contribution in [0.5, 0.6) is 0 Å². The summed E-state index contributed by atoms with van der Waals surface area (Å²) in [6, 6.07) is 3.70. The highest BCUT2D eigenvalue weighted by molar-refractivity contribution is 5.79. The molecule has 2 atom stereocenters. The predicted octanol–water partition coefficient (Wildman–Crippen LogP) is 3.13. The van der Waals surface area contributed by atoms with Gasteiger partial charge >= 0.3 is 0 Å². The first-order valence-corrected chi connectivity index (χ1v) is 7.69. The number of aliphatic hydroxyl groups is 1. The Bertz CT molecular complexity index is 411. The minimum Gasteiger partial charge on any atom is -0.467 e. The summed E-state index contributed by atoms with van der Waals surface area (Å²) in [6.45, 7) is 4.95. The lowest BCUT2D eigenvalue weighted by Crippen LogP contribution is -2.40. The first kappa shape index (κ1) is 15.1. The first-order chi connectivity index (χ1) is 9.67. The third kappa shape index (κ3) is 3.23. The Morgan fingerprint density at radius 1 is 1.50 bits per heavy atom. The molecule has 1 saturated heterocycles. The highest BCUT2D eigenvalue weighted by Gasteiger charge is 2.33. The molecule has 4 heteroatoms. The van der Waals surface area contributed by atoms with Crippen molar-refractivity contribution in [1.29, 1.82) is 0 Å². The summed E-state index contributed by atoms with van der Waals surface area (Å²) in [6.07, 6.45) is 5.30. The van der Waals surface area contributed by atoms with Crippen LogP contribution in [-0.2, 0) is 4.79 Å². The highest BCUT2D eigenvalue weighted by Crippen LogP contribution is 2.29. The third-order valence-corrected chi connectivity index (χ3v) is 4.36. The summed E-state index contributed by atoms with van der Waals surface area (Å²) < 4.78 is 5.24. The number of carbonyl (C=O) groups excluding carboxylic acids is 1. The zero-order valence-corrected chi connectivity index (χ0v) is 12.4. The van der Waals surface area contributed by atoms with Crippen LogP contribution in [0.2, 0.25) is 0 Å². The molecule has 1 aromatic rings. The van der Waals surface area contributed by atoms with Crippen LogP contribution in [0.15, 0.2) is 22.8 Å². The fourth-order valence-electron chi connectivity index (χ4n) is 3.10. The van der Waals surface area contributed by atoms with Crippen LogP contribution in [-0.4, -0.2) is 28.5 Å². The second-order valence-electron chi connectivity index (χ2n) is 5.61. The number of rotatable bonds is 6. The van der Waals surface area contributed by atoms with Crippen LogP contribution in [0.3, 0.4) is 0 Å². The number of aliphatic hydroxyl groups excluding tert-OH is 1. The maximum atomic E-state index is 12.5. The number of nitrogens with zero attached hydrogens (tertiary/aromatic N) is 1. The van der Waals surface area contributed by atoms with Crippen LogP contribution in [0.4, 0.5) is 0 Å². The van der Waals surface area contributed by atoms with E-state index in [1.165, 1.54) is 0 Å². The molecule has 0 spiro atoms. The maximum absolute atomic E-state index is 12.5. The van der Waals surface area contributed by atoms with E-state index in [2.05, 4.69) is 13.8 Å². The molecule has 112 valence electrons. The van der Waals surface area contributed by atoms with E-state index in [0.29, 0.717) is 12.2 Å². The summed E-state index contributed by atoms with van der Waals surface area (Å²) in [7, 11) is 0. The average molecular weight is 279 g/mol. The van der Waals surface area contributed by atoms with E-state index >= 15 is 0 Å². The molecule has 0 radical (unpaired) electrons. The predicted molar refractivity (Wildman–Crippen MR) is 77.1 cm³/mol. The van der Waals surface area contributed by atoms with Crippen molar-refractivity contribution in [2.45, 2.75) is 58.1 Å². The van der Waals surface area contributed by atoms with Gasteiger partial charge < -0.3 is 14.4 Å². The van der Waals surface area contributed by atoms with E-state index < -0.39 is 6.10 Å². The molecule has 1 aromatic heterocycles. The quantitative estimate of drug-likeness (QED) is 0.870. The van der Waals surface area contributed by atoms with Crippen molar-refractivity contribution in [2.24, 2.45) is 5.92 Å². The lowest BCUT2D eigenvalue weighted by molar-refractivity contribution is -0.137. The smallest absolute Gasteiger partial charge is 0.225 e. The van der Waals surface area contributed by atoms with E-state index in [1.54, 1.807) is 18.4 Å². The van der Waals surface area contributed by atoms with Crippen LogP contribution >= 0.6 is 0 Å². The molecular formula is C16H25NO3. The highest BCUT2D eigenvalue weighted by atomic mass is 16.4. The second kappa shape index (κ2) is 6.93. The van der Waals surface area contributed by atoms with Crippen molar-refractivity contribution in [3.8, 4) is 0 Å². The Kier molecular flexibility index (Phi) is 5.24. The standard InChI is InChI=1S/C16H25NO3/c1-3-12(4-2)16(19)17-9-5-7-13(17)11-14(18)15-8-6-10-20-15/h6,8,10,12-14,18H,3-5,7,9,11H2,1-2H3/t13-,14+/m0/s1. The van der Waals surface area contributed by atoms with Gasteiger partial charge in [-0.25, -0.2) is 0 Å². The van der Waals surface area contributed by atoms with Gasteiger partial charge in [-0.1, -0.05) is 13.8 Å². The van der Waals surface area contributed by atoms with Crippen LogP contribution in [0, 0.1) is 5.92 Å². The molecular weight excluding hydrogens is 254 g/mol. The van der Waals surface area contributed by atoms with Gasteiger partial charge in [0.1, 0.15) is 11.9 Å². The number of carbonyl (C=O) groups is 1. The minimum absolute atomic E-state index is 0.122. The Morgan fingerprint density at radius 3 is 2.85 bits per heavy atom. The average Bonchev–Trinajstić information content (AvgIpc) is 3.11. The van der Waals surface area contributed by atoms with Gasteiger partial charge in [0.25, 0.3) is 0 Å². The molecule has 0 aromatic carbocycles. The molecule has 0 unspecified atom stereocenters. The minimum atomic E-state index is -0.620. The molecule has 0 saturated carbocycles. The van der Waals surface area contributed by atoms with Crippen LogP contribution in [0.25, 0.3) is 0 Å². The van der Waals surface area contributed by atoms with E-state index in [-0.39, 0.29) is 17.9 Å². The first-order valence-electron chi connectivity index (χ1n) is 7.69. The topological polar surface area (TPSA) is 53.7 Å². The zero-order chi connectivity index (χ0) is 14.5. The maximum Gasteiger partial charge on any atom is 0.225 e. The van der Waals surface area contributed by atoms with Gasteiger partial charge in [-0.2, -0.15) is 0 Å². The van der Waals surface area contributed by atoms with Crippen molar-refractivity contribution in [3.05, 3.63) is 24.2 Å². The Labute approximate surface area is 120 Å². The van der Waals surface area contributed by atoms with E-state index in [4.69, 9.17) is 4.42 Å². The summed E-state index contributed by atoms with van der Waals surface area (Å²) in [5, 5.41) is 10.2. The van der Waals surface area contributed by atoms with Crippen LogP contribution in [0.1, 0.15) is 57.8 Å². The van der Waals surface area contributed by atoms with Gasteiger partial charge in [0.15, 0.2) is 0 Å². The third-order valence-electron chi connectivity index (χ3n) is 4.36. The summed E-state index contributed by atoms with van der Waals surface area (Å²) in [5.74, 6) is 0.965. The van der Waals surface area contributed by atoms with Gasteiger partial charge in [0.05, 0.1) is 6.26 Å². The molecule has 4 nitrogen and oxygen atoms in total. The molecule has 1 fully saturated rings. The molecule has 0 bridgehead atoms. The Hall–Kier alpha value is -1.29. The van der Waals surface area contributed by atoms with E-state index in [1.807, 2.05) is 4.90 Å². The largest absolute Gasteiger partial charge is 0.467 e. The number of furan rings is 1. The van der Waals surface area contributed by atoms with Crippen molar-refractivity contribution in [1.82, 2.24) is 4.90 Å². The van der Waals surface area contributed by atoms with Gasteiger partial charge in [-0.05, 0) is 37.8 Å². The molecule has 1 aliphatic rings. The molecule has 1 amide bonds. The van der Waals surface area contributed by atoms with Crippen molar-refractivity contribution in [3.63, 3.8) is 0 Å². The number of likely N-dealkylation sites (tertiary alicyclic amines) is 1. The molecule has 20 heavy (non-hydrogen) atoms. The molecule has 1 aliphatic heterocycles. The SMILES string of the molecule is CCC(CC)C(=O)N1CCC[C@H]1C[C@@H](O)c1ccco1. The molecule has 1 N–H and O–H groups in total. The molecule has 2 rings (SSSR count). The van der Waals surface area contributed by atoms with Crippen molar-refractivity contribution in [2.75, 3.05) is 6.54 Å². The van der Waals surface area contributed by atoms with Gasteiger partial charge in [0.2, 0.25) is 5.91 Å². The second-order valence-corrected chi connectivity index (χ2v) is 5.61. The zero-order valence-electron chi connectivity index (χ0n) is 12.4. The van der Waals surface area contributed by atoms with Crippen molar-refractivity contribution >= 4 is 5.91 Å². The Balaban J connectivity index is 1.98. The fourth-order valence-corrected chi connectivity index (χ4v) is 3.10. The van der Waals surface area contributed by atoms with Gasteiger partial charge in [0, 0.05) is 24.9 Å². The molecule has 0 aliphatic carbocycles. The van der Waals surface area contributed by atoms with Gasteiger partial charge in [-0.15, -0.1) is 0 Å². The Morgan fingerprint density at radius 2 is 2.25 bits per heavy atom. The van der Waals surface area contributed by atoms with E-state index in [0.717, 1.165) is 32.2 Å². The number of hydrogen-bond acceptors (Lipinski definition) is 3. The lowest BCUT2D eigenvalue weighted by atomic mass is 9.99. The normalized spacial score (nSPS) is 20.6.